The zero-order valence-electron chi connectivity index (χ0n) is 17.7. The Kier molecular flexibility index (Phi) is 5.23. The van der Waals surface area contributed by atoms with Gasteiger partial charge in [0.15, 0.2) is 0 Å². The molecule has 32 heavy (non-hydrogen) atoms. The summed E-state index contributed by atoms with van der Waals surface area (Å²) in [4.78, 5) is 37.9. The van der Waals surface area contributed by atoms with Crippen LogP contribution in [-0.4, -0.2) is 59.5 Å². The van der Waals surface area contributed by atoms with Crippen LogP contribution in [0.5, 0.6) is 0 Å². The summed E-state index contributed by atoms with van der Waals surface area (Å²) in [5, 5.41) is 12.8. The molecule has 2 aliphatic heterocycles. The van der Waals surface area contributed by atoms with Crippen LogP contribution in [0, 0.1) is 22.7 Å². The summed E-state index contributed by atoms with van der Waals surface area (Å²) in [6, 6.07) is 9.24. The lowest BCUT2D eigenvalue weighted by molar-refractivity contribution is -0.123. The van der Waals surface area contributed by atoms with Crippen molar-refractivity contribution in [2.75, 3.05) is 43.1 Å². The van der Waals surface area contributed by atoms with E-state index in [1.165, 1.54) is 0 Å². The smallest absolute Gasteiger partial charge is 0.254 e. The first-order chi connectivity index (χ1) is 15.6. The van der Waals surface area contributed by atoms with Crippen molar-refractivity contribution in [2.45, 2.75) is 19.3 Å². The van der Waals surface area contributed by atoms with Crippen molar-refractivity contribution in [1.29, 1.82) is 5.26 Å². The second-order valence-electron chi connectivity index (χ2n) is 8.42. The number of hydrogen-bond acceptors (Lipinski definition) is 7. The van der Waals surface area contributed by atoms with Crippen molar-refractivity contribution in [1.82, 2.24) is 14.9 Å². The molecule has 0 bridgehead atoms. The maximum absolute atomic E-state index is 13.1. The Balaban J connectivity index is 1.32. The molecular formula is C23H24N6O3. The summed E-state index contributed by atoms with van der Waals surface area (Å²) in [5.41, 5.74) is 0.358. The van der Waals surface area contributed by atoms with E-state index in [1.54, 1.807) is 46.5 Å². The normalized spacial score (nSPS) is 23.2. The molecule has 4 heterocycles. The molecule has 3 aliphatic rings. The van der Waals surface area contributed by atoms with E-state index in [4.69, 9.17) is 4.74 Å². The zero-order chi connectivity index (χ0) is 22.1. The Labute approximate surface area is 186 Å². The lowest BCUT2D eigenvalue weighted by Gasteiger charge is -2.26. The molecule has 2 aromatic rings. The van der Waals surface area contributed by atoms with Gasteiger partial charge in [0.05, 0.1) is 19.3 Å². The van der Waals surface area contributed by atoms with Crippen LogP contribution in [-0.2, 0) is 9.53 Å². The zero-order valence-corrected chi connectivity index (χ0v) is 17.7. The molecule has 0 aromatic carbocycles. The minimum Gasteiger partial charge on any atom is -0.378 e. The van der Waals surface area contributed by atoms with Gasteiger partial charge in [-0.25, -0.2) is 9.97 Å². The molecule has 1 saturated carbocycles. The number of hydrogen-bond donors (Lipinski definition) is 1. The van der Waals surface area contributed by atoms with Gasteiger partial charge >= 0.3 is 0 Å². The van der Waals surface area contributed by atoms with Gasteiger partial charge in [-0.3, -0.25) is 9.59 Å². The van der Waals surface area contributed by atoms with E-state index in [-0.39, 0.29) is 17.7 Å². The summed E-state index contributed by atoms with van der Waals surface area (Å²) < 4.78 is 5.31. The molecule has 0 spiro atoms. The predicted octanol–water partition coefficient (Wildman–Crippen LogP) is 2.35. The molecule has 1 atom stereocenters. The fraction of sp³-hybridized carbons (Fsp3) is 0.435. The molecule has 5 rings (SSSR count). The molecule has 0 radical (unpaired) electrons. The van der Waals surface area contributed by atoms with Crippen LogP contribution in [0.15, 0.2) is 36.7 Å². The highest BCUT2D eigenvalue weighted by Crippen LogP contribution is 2.51. The number of carbonyl (C=O) groups is 2. The number of pyridine rings is 2. The third-order valence-electron chi connectivity index (χ3n) is 6.45. The van der Waals surface area contributed by atoms with Gasteiger partial charge in [-0.15, -0.1) is 0 Å². The van der Waals surface area contributed by atoms with Crippen molar-refractivity contribution in [3.8, 4) is 6.07 Å². The predicted molar refractivity (Wildman–Crippen MR) is 116 cm³/mol. The van der Waals surface area contributed by atoms with Gasteiger partial charge in [-0.1, -0.05) is 0 Å². The third kappa shape index (κ3) is 3.67. The van der Waals surface area contributed by atoms with Crippen LogP contribution >= 0.6 is 0 Å². The molecule has 3 fully saturated rings. The number of amides is 2. The largest absolute Gasteiger partial charge is 0.378 e. The molecule has 2 amide bonds. The summed E-state index contributed by atoms with van der Waals surface area (Å²) in [6.07, 6.45) is 5.66. The van der Waals surface area contributed by atoms with Crippen LogP contribution in [0.1, 0.15) is 29.6 Å². The topological polar surface area (TPSA) is 111 Å². The first kappa shape index (κ1) is 20.4. The maximum atomic E-state index is 13.1. The highest BCUT2D eigenvalue weighted by Gasteiger charge is 2.56. The van der Waals surface area contributed by atoms with E-state index in [0.29, 0.717) is 62.2 Å². The van der Waals surface area contributed by atoms with Gasteiger partial charge < -0.3 is 19.9 Å². The monoisotopic (exact) mass is 432 g/mol. The average Bonchev–Trinajstić information content (AvgIpc) is 3.63. The summed E-state index contributed by atoms with van der Waals surface area (Å²) in [7, 11) is 0. The average molecular weight is 432 g/mol. The molecule has 1 aliphatic carbocycles. The minimum atomic E-state index is -0.882. The molecular weight excluding hydrogens is 408 g/mol. The van der Waals surface area contributed by atoms with Crippen molar-refractivity contribution >= 4 is 29.1 Å². The van der Waals surface area contributed by atoms with Crippen LogP contribution in [0.2, 0.25) is 0 Å². The Morgan fingerprint density at radius 1 is 1.12 bits per heavy atom. The summed E-state index contributed by atoms with van der Waals surface area (Å²) in [6.45, 7) is 2.75. The summed E-state index contributed by atoms with van der Waals surface area (Å²) in [5.74, 6) is 1.01. The standard InChI is InChI=1S/C23H24N6O3/c24-15-23(17-1-2-17)5-8-29(22(23)31)18-4-7-26-20(14-18)27-19-13-16(3-6-25-19)21(30)28-9-11-32-12-10-28/h3-4,6-7,13-14,17H,1-2,5,8-12H2,(H,25,26,27)/t23-/m1/s1. The fourth-order valence-corrected chi connectivity index (χ4v) is 4.50. The van der Waals surface area contributed by atoms with Crippen molar-refractivity contribution in [2.24, 2.45) is 11.3 Å². The van der Waals surface area contributed by atoms with Crippen LogP contribution in [0.3, 0.4) is 0 Å². The van der Waals surface area contributed by atoms with Crippen molar-refractivity contribution in [3.63, 3.8) is 0 Å². The summed E-state index contributed by atoms with van der Waals surface area (Å²) >= 11 is 0. The quantitative estimate of drug-likeness (QED) is 0.772. The number of nitrogens with one attached hydrogen (secondary N) is 1. The second kappa shape index (κ2) is 8.20. The number of rotatable bonds is 5. The van der Waals surface area contributed by atoms with E-state index in [9.17, 15) is 14.9 Å². The molecule has 2 aromatic heterocycles. The minimum absolute atomic E-state index is 0.0592. The molecule has 9 nitrogen and oxygen atoms in total. The number of ether oxygens (including phenoxy) is 1. The molecule has 1 N–H and O–H groups in total. The Hall–Kier alpha value is -3.51. The van der Waals surface area contributed by atoms with Gasteiger partial charge in [-0.05, 0) is 43.4 Å². The first-order valence-corrected chi connectivity index (χ1v) is 10.9. The van der Waals surface area contributed by atoms with Gasteiger partial charge in [-0.2, -0.15) is 5.26 Å². The van der Waals surface area contributed by atoms with E-state index in [0.717, 1.165) is 12.8 Å². The van der Waals surface area contributed by atoms with Gasteiger partial charge in [0.25, 0.3) is 5.91 Å². The number of anilines is 3. The van der Waals surface area contributed by atoms with E-state index in [2.05, 4.69) is 21.4 Å². The number of carbonyl (C=O) groups excluding carboxylic acids is 2. The fourth-order valence-electron chi connectivity index (χ4n) is 4.50. The second-order valence-corrected chi connectivity index (χ2v) is 8.42. The highest BCUT2D eigenvalue weighted by atomic mass is 16.5. The molecule has 9 heteroatoms. The van der Waals surface area contributed by atoms with Crippen molar-refractivity contribution < 1.29 is 14.3 Å². The lowest BCUT2D eigenvalue weighted by Crippen LogP contribution is -2.40. The van der Waals surface area contributed by atoms with Crippen LogP contribution in [0.25, 0.3) is 0 Å². The van der Waals surface area contributed by atoms with Crippen LogP contribution < -0.4 is 10.2 Å². The Morgan fingerprint density at radius 2 is 1.84 bits per heavy atom. The van der Waals surface area contributed by atoms with Gasteiger partial charge in [0.1, 0.15) is 17.1 Å². The van der Waals surface area contributed by atoms with Gasteiger partial charge in [0.2, 0.25) is 5.91 Å². The molecule has 164 valence electrons. The lowest BCUT2D eigenvalue weighted by atomic mass is 9.83. The van der Waals surface area contributed by atoms with E-state index < -0.39 is 5.41 Å². The first-order valence-electron chi connectivity index (χ1n) is 10.9. The highest BCUT2D eigenvalue weighted by molar-refractivity contribution is 6.02. The number of morpholine rings is 1. The molecule has 0 unspecified atom stereocenters. The Bertz CT molecular complexity index is 1090. The number of aromatic nitrogens is 2. The van der Waals surface area contributed by atoms with E-state index in [1.807, 2.05) is 0 Å². The van der Waals surface area contributed by atoms with E-state index >= 15 is 0 Å². The number of nitriles is 1. The maximum Gasteiger partial charge on any atom is 0.254 e. The van der Waals surface area contributed by atoms with Gasteiger partial charge in [0, 0.05) is 49.3 Å². The van der Waals surface area contributed by atoms with Crippen LogP contribution in [0.4, 0.5) is 17.3 Å². The van der Waals surface area contributed by atoms with Crippen molar-refractivity contribution in [3.05, 3.63) is 42.2 Å². The third-order valence-corrected chi connectivity index (χ3v) is 6.45. The molecule has 2 saturated heterocycles. The SMILES string of the molecule is N#C[C@@]1(C2CC2)CCN(c2ccnc(Nc3cc(C(=O)N4CCOCC4)ccn3)c2)C1=O. The Morgan fingerprint density at radius 3 is 2.56 bits per heavy atom. The number of nitrogens with zero attached hydrogens (tertiary/aromatic N) is 5.